The van der Waals surface area contributed by atoms with Crippen LogP contribution in [0.15, 0.2) is 24.3 Å². The number of nitrogen functional groups attached to an aromatic ring is 1. The van der Waals surface area contributed by atoms with Gasteiger partial charge in [0.2, 0.25) is 0 Å². The molecule has 0 aliphatic carbocycles. The first-order valence-corrected chi connectivity index (χ1v) is 6.96. The monoisotopic (exact) mass is 248 g/mol. The maximum absolute atomic E-state index is 5.81. The molecule has 0 aromatic heterocycles. The minimum Gasteiger partial charge on any atom is -0.399 e. The summed E-state index contributed by atoms with van der Waals surface area (Å²) < 4.78 is 5.81. The van der Waals surface area contributed by atoms with Crippen LogP contribution in [0.5, 0.6) is 0 Å². The zero-order valence-corrected chi connectivity index (χ0v) is 11.3. The molecule has 1 aliphatic rings. The molecule has 1 heterocycles. The van der Waals surface area contributed by atoms with Crippen LogP contribution >= 0.6 is 0 Å². The van der Waals surface area contributed by atoms with Crippen molar-refractivity contribution in [3.05, 3.63) is 29.8 Å². The van der Waals surface area contributed by atoms with E-state index in [-0.39, 0.29) is 0 Å². The number of nitrogens with two attached hydrogens (primary N) is 1. The van der Waals surface area contributed by atoms with Crippen LogP contribution < -0.4 is 5.73 Å². The highest BCUT2D eigenvalue weighted by molar-refractivity contribution is 5.39. The van der Waals surface area contributed by atoms with Gasteiger partial charge in [0.1, 0.15) is 0 Å². The first-order valence-electron chi connectivity index (χ1n) is 6.96. The molecule has 0 spiro atoms. The molecular weight excluding hydrogens is 224 g/mol. The van der Waals surface area contributed by atoms with Gasteiger partial charge in [0, 0.05) is 25.4 Å². The summed E-state index contributed by atoms with van der Waals surface area (Å²) in [7, 11) is 0. The van der Waals surface area contributed by atoms with Crippen molar-refractivity contribution in [2.75, 3.05) is 25.4 Å². The molecule has 2 rings (SSSR count). The lowest BCUT2D eigenvalue weighted by molar-refractivity contribution is -0.00623. The van der Waals surface area contributed by atoms with Gasteiger partial charge >= 0.3 is 0 Å². The topological polar surface area (TPSA) is 38.5 Å². The summed E-state index contributed by atoms with van der Waals surface area (Å²) in [4.78, 5) is 2.45. The summed E-state index contributed by atoms with van der Waals surface area (Å²) in [6.45, 7) is 6.23. The number of likely N-dealkylation sites (N-methyl/N-ethyl adjacent to an activating group) is 1. The fourth-order valence-corrected chi connectivity index (χ4v) is 2.43. The van der Waals surface area contributed by atoms with Crippen molar-refractivity contribution in [3.63, 3.8) is 0 Å². The number of ether oxygens (including phenoxy) is 1. The smallest absolute Gasteiger partial charge is 0.0702 e. The van der Waals surface area contributed by atoms with Crippen LogP contribution in [0.2, 0.25) is 0 Å². The molecular formula is C15H24N2O. The summed E-state index contributed by atoms with van der Waals surface area (Å²) >= 11 is 0. The van der Waals surface area contributed by atoms with Gasteiger partial charge in [0.25, 0.3) is 0 Å². The average Bonchev–Trinajstić information content (AvgIpc) is 2.41. The largest absolute Gasteiger partial charge is 0.399 e. The normalized spacial score (nSPS) is 20.2. The standard InChI is InChI=1S/C15H24N2O/c1-2-17(12-15-5-3-4-10-18-15)11-13-6-8-14(16)9-7-13/h6-9,15H,2-5,10-12,16H2,1H3. The first kappa shape index (κ1) is 13.4. The molecule has 1 unspecified atom stereocenters. The van der Waals surface area contributed by atoms with Gasteiger partial charge in [-0.05, 0) is 43.5 Å². The zero-order valence-electron chi connectivity index (χ0n) is 11.3. The van der Waals surface area contributed by atoms with E-state index >= 15 is 0 Å². The third kappa shape index (κ3) is 4.00. The summed E-state index contributed by atoms with van der Waals surface area (Å²) in [5.74, 6) is 0. The van der Waals surface area contributed by atoms with Crippen molar-refractivity contribution in [3.8, 4) is 0 Å². The third-order valence-electron chi connectivity index (χ3n) is 3.57. The van der Waals surface area contributed by atoms with Crippen LogP contribution in [-0.2, 0) is 11.3 Å². The fraction of sp³-hybridized carbons (Fsp3) is 0.600. The van der Waals surface area contributed by atoms with E-state index in [1.54, 1.807) is 0 Å². The molecule has 18 heavy (non-hydrogen) atoms. The lowest BCUT2D eigenvalue weighted by atomic mass is 10.1. The third-order valence-corrected chi connectivity index (χ3v) is 3.57. The highest BCUT2D eigenvalue weighted by Gasteiger charge is 2.16. The van der Waals surface area contributed by atoms with Crippen LogP contribution in [0.4, 0.5) is 5.69 Å². The van der Waals surface area contributed by atoms with Gasteiger partial charge in [0.15, 0.2) is 0 Å². The lowest BCUT2D eigenvalue weighted by Gasteiger charge is -2.29. The Kier molecular flexibility index (Phi) is 5.02. The second kappa shape index (κ2) is 6.76. The molecule has 0 amide bonds. The molecule has 0 radical (unpaired) electrons. The SMILES string of the molecule is CCN(Cc1ccc(N)cc1)CC1CCCCO1. The van der Waals surface area contributed by atoms with Crippen molar-refractivity contribution < 1.29 is 4.74 Å². The second-order valence-electron chi connectivity index (χ2n) is 5.06. The zero-order chi connectivity index (χ0) is 12.8. The van der Waals surface area contributed by atoms with E-state index in [0.717, 1.165) is 31.9 Å². The number of rotatable bonds is 5. The van der Waals surface area contributed by atoms with Crippen LogP contribution in [0, 0.1) is 0 Å². The molecule has 0 bridgehead atoms. The van der Waals surface area contributed by atoms with Crippen LogP contribution in [-0.4, -0.2) is 30.7 Å². The van der Waals surface area contributed by atoms with Crippen molar-refractivity contribution in [1.82, 2.24) is 4.90 Å². The summed E-state index contributed by atoms with van der Waals surface area (Å²) in [5, 5.41) is 0. The molecule has 1 aliphatic heterocycles. The van der Waals surface area contributed by atoms with Gasteiger partial charge in [-0.1, -0.05) is 19.1 Å². The summed E-state index contributed by atoms with van der Waals surface area (Å²) in [6, 6.07) is 8.17. The number of anilines is 1. The van der Waals surface area contributed by atoms with Crippen molar-refractivity contribution in [1.29, 1.82) is 0 Å². The van der Waals surface area contributed by atoms with Crippen molar-refractivity contribution >= 4 is 5.69 Å². The Morgan fingerprint density at radius 3 is 2.67 bits per heavy atom. The number of benzene rings is 1. The molecule has 0 saturated carbocycles. The highest BCUT2D eigenvalue weighted by atomic mass is 16.5. The Morgan fingerprint density at radius 1 is 1.28 bits per heavy atom. The maximum Gasteiger partial charge on any atom is 0.0702 e. The molecule has 1 aromatic rings. The van der Waals surface area contributed by atoms with Crippen LogP contribution in [0.3, 0.4) is 0 Å². The van der Waals surface area contributed by atoms with Gasteiger partial charge < -0.3 is 10.5 Å². The number of hydrogen-bond acceptors (Lipinski definition) is 3. The quantitative estimate of drug-likeness (QED) is 0.814. The molecule has 2 N–H and O–H groups in total. The van der Waals surface area contributed by atoms with E-state index in [9.17, 15) is 0 Å². The number of nitrogens with zero attached hydrogens (tertiary/aromatic N) is 1. The van der Waals surface area contributed by atoms with Gasteiger partial charge in [-0.25, -0.2) is 0 Å². The molecule has 100 valence electrons. The Morgan fingerprint density at radius 2 is 2.06 bits per heavy atom. The van der Waals surface area contributed by atoms with Crippen molar-refractivity contribution in [2.45, 2.75) is 38.8 Å². The predicted molar refractivity (Wildman–Crippen MR) is 75.4 cm³/mol. The van der Waals surface area contributed by atoms with Gasteiger partial charge in [-0.15, -0.1) is 0 Å². The fourth-order valence-electron chi connectivity index (χ4n) is 2.43. The Labute approximate surface area is 110 Å². The van der Waals surface area contributed by atoms with E-state index in [4.69, 9.17) is 10.5 Å². The van der Waals surface area contributed by atoms with Crippen LogP contribution in [0.1, 0.15) is 31.7 Å². The molecule has 1 aromatic carbocycles. The second-order valence-corrected chi connectivity index (χ2v) is 5.06. The van der Waals surface area contributed by atoms with Gasteiger partial charge in [-0.2, -0.15) is 0 Å². The predicted octanol–water partition coefficient (Wildman–Crippen LogP) is 2.66. The van der Waals surface area contributed by atoms with Gasteiger partial charge in [-0.3, -0.25) is 4.90 Å². The van der Waals surface area contributed by atoms with Crippen molar-refractivity contribution in [2.24, 2.45) is 0 Å². The first-order chi connectivity index (χ1) is 8.78. The molecule has 3 heteroatoms. The number of hydrogen-bond donors (Lipinski definition) is 1. The molecule has 1 fully saturated rings. The minimum atomic E-state index is 0.424. The van der Waals surface area contributed by atoms with E-state index in [1.165, 1.54) is 24.8 Å². The van der Waals surface area contributed by atoms with Crippen LogP contribution in [0.25, 0.3) is 0 Å². The Bertz CT molecular complexity index is 344. The lowest BCUT2D eigenvalue weighted by Crippen LogP contribution is -2.35. The summed E-state index contributed by atoms with van der Waals surface area (Å²) in [5.41, 5.74) is 7.86. The molecule has 1 saturated heterocycles. The Hall–Kier alpha value is -1.06. The van der Waals surface area contributed by atoms with E-state index in [1.807, 2.05) is 12.1 Å². The van der Waals surface area contributed by atoms with E-state index < -0.39 is 0 Å². The molecule has 3 nitrogen and oxygen atoms in total. The summed E-state index contributed by atoms with van der Waals surface area (Å²) in [6.07, 6.45) is 4.16. The Balaban J connectivity index is 1.86. The van der Waals surface area contributed by atoms with E-state index in [2.05, 4.69) is 24.0 Å². The average molecular weight is 248 g/mol. The minimum absolute atomic E-state index is 0.424. The molecule has 1 atom stereocenters. The van der Waals surface area contributed by atoms with E-state index in [0.29, 0.717) is 6.10 Å². The van der Waals surface area contributed by atoms with Gasteiger partial charge in [0.05, 0.1) is 6.10 Å². The maximum atomic E-state index is 5.81. The highest BCUT2D eigenvalue weighted by Crippen LogP contribution is 2.15.